The Morgan fingerprint density at radius 3 is 2.86 bits per heavy atom. The molecular formula is C17H12BrN3S. The Morgan fingerprint density at radius 1 is 1.23 bits per heavy atom. The van der Waals surface area contributed by atoms with Gasteiger partial charge in [-0.3, -0.25) is 0 Å². The zero-order chi connectivity index (χ0) is 15.5. The first-order valence-corrected chi connectivity index (χ1v) is 8.55. The standard InChI is InChI=1S/C17H12BrN3S/c1-3-11-5-4-6-12(7-11)21-17-13-8-16(22-2)14(18)9-15(13)19-10-20-17/h1,4-10H,2H3,(H,19,20,21). The number of nitrogens with one attached hydrogen (secondary N) is 1. The SMILES string of the molecule is C#Cc1cccc(Nc2ncnc3cc(Br)c(SC)cc23)c1. The van der Waals surface area contributed by atoms with E-state index in [2.05, 4.69) is 43.2 Å². The number of terminal acetylenes is 1. The van der Waals surface area contributed by atoms with E-state index in [1.807, 2.05) is 36.6 Å². The first-order chi connectivity index (χ1) is 10.7. The minimum atomic E-state index is 0.766. The summed E-state index contributed by atoms with van der Waals surface area (Å²) in [6.45, 7) is 0. The van der Waals surface area contributed by atoms with Crippen molar-refractivity contribution in [1.82, 2.24) is 9.97 Å². The van der Waals surface area contributed by atoms with Crippen molar-refractivity contribution < 1.29 is 0 Å². The van der Waals surface area contributed by atoms with E-state index in [0.29, 0.717) is 0 Å². The lowest BCUT2D eigenvalue weighted by Gasteiger charge is -2.10. The van der Waals surface area contributed by atoms with Crippen LogP contribution in [0.15, 0.2) is 52.1 Å². The first-order valence-electron chi connectivity index (χ1n) is 6.53. The van der Waals surface area contributed by atoms with E-state index in [-0.39, 0.29) is 0 Å². The topological polar surface area (TPSA) is 37.8 Å². The maximum absolute atomic E-state index is 5.45. The zero-order valence-corrected chi connectivity index (χ0v) is 14.2. The molecule has 1 N–H and O–H groups in total. The number of hydrogen-bond acceptors (Lipinski definition) is 4. The minimum Gasteiger partial charge on any atom is -0.340 e. The molecule has 3 nitrogen and oxygen atoms in total. The molecule has 0 bridgehead atoms. The van der Waals surface area contributed by atoms with E-state index in [1.54, 1.807) is 18.1 Å². The Hall–Kier alpha value is -2.03. The monoisotopic (exact) mass is 369 g/mol. The second-order valence-corrected chi connectivity index (χ2v) is 6.28. The molecule has 0 atom stereocenters. The molecular weight excluding hydrogens is 358 g/mol. The number of anilines is 2. The van der Waals surface area contributed by atoms with Gasteiger partial charge in [-0.05, 0) is 52.5 Å². The molecule has 0 spiro atoms. The summed E-state index contributed by atoms with van der Waals surface area (Å²) < 4.78 is 1.03. The van der Waals surface area contributed by atoms with Crippen molar-refractivity contribution in [1.29, 1.82) is 0 Å². The smallest absolute Gasteiger partial charge is 0.141 e. The summed E-state index contributed by atoms with van der Waals surface area (Å²) in [5.41, 5.74) is 2.62. The number of halogens is 1. The molecule has 0 amide bonds. The third-order valence-corrected chi connectivity index (χ3v) is 4.90. The van der Waals surface area contributed by atoms with E-state index in [0.717, 1.165) is 37.3 Å². The largest absolute Gasteiger partial charge is 0.340 e. The number of benzene rings is 2. The highest BCUT2D eigenvalue weighted by molar-refractivity contribution is 9.10. The Morgan fingerprint density at radius 2 is 2.09 bits per heavy atom. The Kier molecular flexibility index (Phi) is 4.32. The molecule has 0 saturated carbocycles. The van der Waals surface area contributed by atoms with Crippen LogP contribution in [0.1, 0.15) is 5.56 Å². The maximum atomic E-state index is 5.45. The average Bonchev–Trinajstić information content (AvgIpc) is 2.54. The molecule has 0 aliphatic carbocycles. The maximum Gasteiger partial charge on any atom is 0.141 e. The van der Waals surface area contributed by atoms with Gasteiger partial charge in [0.1, 0.15) is 12.1 Å². The van der Waals surface area contributed by atoms with Crippen molar-refractivity contribution in [2.24, 2.45) is 0 Å². The van der Waals surface area contributed by atoms with Crippen LogP contribution in [0.25, 0.3) is 10.9 Å². The van der Waals surface area contributed by atoms with Crippen LogP contribution in [0.3, 0.4) is 0 Å². The molecule has 0 saturated heterocycles. The van der Waals surface area contributed by atoms with Crippen molar-refractivity contribution in [3.8, 4) is 12.3 Å². The van der Waals surface area contributed by atoms with E-state index in [1.165, 1.54) is 0 Å². The molecule has 0 aliphatic rings. The van der Waals surface area contributed by atoms with Crippen LogP contribution in [0.4, 0.5) is 11.5 Å². The molecule has 2 aromatic carbocycles. The fourth-order valence-corrected chi connectivity index (χ4v) is 3.44. The van der Waals surface area contributed by atoms with Gasteiger partial charge in [0.05, 0.1) is 5.52 Å². The summed E-state index contributed by atoms with van der Waals surface area (Å²) in [4.78, 5) is 9.84. The van der Waals surface area contributed by atoms with Gasteiger partial charge in [0.2, 0.25) is 0 Å². The van der Waals surface area contributed by atoms with Gasteiger partial charge in [-0.1, -0.05) is 12.0 Å². The molecule has 0 fully saturated rings. The van der Waals surface area contributed by atoms with E-state index in [9.17, 15) is 0 Å². The fourth-order valence-electron chi connectivity index (χ4n) is 2.14. The zero-order valence-electron chi connectivity index (χ0n) is 11.8. The molecule has 5 heteroatoms. The number of aromatic nitrogens is 2. The summed E-state index contributed by atoms with van der Waals surface area (Å²) in [5.74, 6) is 3.40. The molecule has 22 heavy (non-hydrogen) atoms. The molecule has 1 heterocycles. The Balaban J connectivity index is 2.08. The Bertz CT molecular complexity index is 887. The molecule has 3 aromatic rings. The summed E-state index contributed by atoms with van der Waals surface area (Å²) in [7, 11) is 0. The van der Waals surface area contributed by atoms with Crippen LogP contribution in [-0.4, -0.2) is 16.2 Å². The van der Waals surface area contributed by atoms with E-state index < -0.39 is 0 Å². The van der Waals surface area contributed by atoms with Gasteiger partial charge >= 0.3 is 0 Å². The van der Waals surface area contributed by atoms with Gasteiger partial charge in [-0.15, -0.1) is 18.2 Å². The molecule has 3 rings (SSSR count). The summed E-state index contributed by atoms with van der Waals surface area (Å²) in [5, 5.41) is 4.29. The lowest BCUT2D eigenvalue weighted by molar-refractivity contribution is 1.21. The number of rotatable bonds is 3. The van der Waals surface area contributed by atoms with Crippen LogP contribution >= 0.6 is 27.7 Å². The quantitative estimate of drug-likeness (QED) is 0.529. The van der Waals surface area contributed by atoms with Crippen LogP contribution < -0.4 is 5.32 Å². The van der Waals surface area contributed by atoms with Crippen molar-refractivity contribution >= 4 is 50.1 Å². The Labute approximate surface area is 141 Å². The highest BCUT2D eigenvalue weighted by Gasteiger charge is 2.08. The van der Waals surface area contributed by atoms with Crippen molar-refractivity contribution in [3.05, 3.63) is 52.8 Å². The van der Waals surface area contributed by atoms with Gasteiger partial charge in [-0.25, -0.2) is 9.97 Å². The highest BCUT2D eigenvalue weighted by Crippen LogP contribution is 2.33. The van der Waals surface area contributed by atoms with Crippen LogP contribution in [0, 0.1) is 12.3 Å². The van der Waals surface area contributed by atoms with Gasteiger partial charge in [0, 0.05) is 26.0 Å². The summed E-state index contributed by atoms with van der Waals surface area (Å²) >= 11 is 5.24. The second kappa shape index (κ2) is 6.39. The number of thioether (sulfide) groups is 1. The van der Waals surface area contributed by atoms with E-state index >= 15 is 0 Å². The van der Waals surface area contributed by atoms with Crippen molar-refractivity contribution in [2.45, 2.75) is 4.90 Å². The van der Waals surface area contributed by atoms with Gasteiger partial charge in [0.15, 0.2) is 0 Å². The van der Waals surface area contributed by atoms with Crippen LogP contribution in [0.2, 0.25) is 0 Å². The molecule has 108 valence electrons. The van der Waals surface area contributed by atoms with Gasteiger partial charge in [-0.2, -0.15) is 0 Å². The molecule has 0 unspecified atom stereocenters. The summed E-state index contributed by atoms with van der Waals surface area (Å²) in [6, 6.07) is 11.8. The third-order valence-electron chi connectivity index (χ3n) is 3.20. The lowest BCUT2D eigenvalue weighted by Crippen LogP contribution is -1.96. The normalized spacial score (nSPS) is 10.4. The second-order valence-electron chi connectivity index (χ2n) is 4.58. The molecule has 0 radical (unpaired) electrons. The van der Waals surface area contributed by atoms with Crippen molar-refractivity contribution in [3.63, 3.8) is 0 Å². The highest BCUT2D eigenvalue weighted by atomic mass is 79.9. The number of hydrogen-bond donors (Lipinski definition) is 1. The number of nitrogens with zero attached hydrogens (tertiary/aromatic N) is 2. The van der Waals surface area contributed by atoms with Crippen LogP contribution in [-0.2, 0) is 0 Å². The predicted octanol–water partition coefficient (Wildman–Crippen LogP) is 4.84. The van der Waals surface area contributed by atoms with E-state index in [4.69, 9.17) is 6.42 Å². The summed E-state index contributed by atoms with van der Waals surface area (Å²) in [6.07, 6.45) is 9.04. The predicted molar refractivity (Wildman–Crippen MR) is 96.7 cm³/mol. The minimum absolute atomic E-state index is 0.766. The van der Waals surface area contributed by atoms with Crippen molar-refractivity contribution in [2.75, 3.05) is 11.6 Å². The average molecular weight is 370 g/mol. The number of fused-ring (bicyclic) bond motifs is 1. The van der Waals surface area contributed by atoms with Crippen LogP contribution in [0.5, 0.6) is 0 Å². The lowest BCUT2D eigenvalue weighted by atomic mass is 10.2. The van der Waals surface area contributed by atoms with Gasteiger partial charge < -0.3 is 5.32 Å². The van der Waals surface area contributed by atoms with Gasteiger partial charge in [0.25, 0.3) is 0 Å². The first kappa shape index (κ1) is 14.9. The third kappa shape index (κ3) is 2.94. The fraction of sp³-hybridized carbons (Fsp3) is 0.0588. The molecule has 1 aromatic heterocycles. The molecule has 0 aliphatic heterocycles.